The van der Waals surface area contributed by atoms with E-state index in [9.17, 15) is 14.4 Å². The lowest BCUT2D eigenvalue weighted by molar-refractivity contribution is -0.167. The molecule has 0 aliphatic heterocycles. The van der Waals surface area contributed by atoms with Gasteiger partial charge in [-0.25, -0.2) is 0 Å². The number of esters is 3. The van der Waals surface area contributed by atoms with Crippen molar-refractivity contribution in [3.8, 4) is 0 Å². The molecule has 0 heterocycles. The number of carbonyl (C=O) groups excluding carboxylic acids is 3. The molecule has 0 aliphatic carbocycles. The van der Waals surface area contributed by atoms with Gasteiger partial charge in [-0.15, -0.1) is 0 Å². The second kappa shape index (κ2) is 55.7. The molecule has 0 aromatic rings. The average Bonchev–Trinajstić information content (AvgIpc) is 3.33. The van der Waals surface area contributed by atoms with Crippen LogP contribution in [-0.2, 0) is 28.6 Å². The van der Waals surface area contributed by atoms with E-state index in [1.807, 2.05) is 0 Å². The number of hydrogen-bond acceptors (Lipinski definition) is 6. The monoisotopic (exact) mass is 937 g/mol. The summed E-state index contributed by atoms with van der Waals surface area (Å²) in [6, 6.07) is 0. The molecule has 6 nitrogen and oxygen atoms in total. The second-order valence-corrected chi connectivity index (χ2v) is 19.2. The highest BCUT2D eigenvalue weighted by atomic mass is 16.6. The standard InChI is InChI=1S/C61H108O6/c1-4-7-10-13-15-17-19-21-22-23-24-25-26-27-28-29-30-31-32-33-34-35-36-37-38-40-41-43-45-48-51-54-60(63)66-57-58(56-65-59(62)53-50-47-12-9-6-3)67-61(64)55-52-49-46-44-42-39-20-18-16-14-11-8-5-2/h8,11,16,18-19,21,23-24,39,42,58H,4-7,9-10,12-15,17,20,22,25-38,40-41,43-57H2,1-3H3/b11-8-,18-16-,21-19-,24-23-,42-39-. The molecule has 0 N–H and O–H groups in total. The van der Waals surface area contributed by atoms with Crippen molar-refractivity contribution in [2.45, 2.75) is 297 Å². The zero-order valence-corrected chi connectivity index (χ0v) is 44.4. The van der Waals surface area contributed by atoms with Gasteiger partial charge in [0.25, 0.3) is 0 Å². The SMILES string of the molecule is CC/C=C\C/C=C\C/C=C\CCCCCC(=O)OC(COC(=O)CCCCCCC)COC(=O)CCCCCCCCCCCCCCCCCCCCC/C=C\C/C=C\CCCCCCC. The highest BCUT2D eigenvalue weighted by Crippen LogP contribution is 2.16. The van der Waals surface area contributed by atoms with Crippen molar-refractivity contribution in [2.75, 3.05) is 13.2 Å². The normalized spacial score (nSPS) is 12.5. The summed E-state index contributed by atoms with van der Waals surface area (Å²) < 4.78 is 16.7. The Balaban J connectivity index is 3.93. The third-order valence-corrected chi connectivity index (χ3v) is 12.5. The minimum Gasteiger partial charge on any atom is -0.462 e. The van der Waals surface area contributed by atoms with Crippen LogP contribution in [0.25, 0.3) is 0 Å². The van der Waals surface area contributed by atoms with Crippen molar-refractivity contribution < 1.29 is 28.6 Å². The van der Waals surface area contributed by atoms with Gasteiger partial charge in [0.2, 0.25) is 0 Å². The molecular weight excluding hydrogens is 829 g/mol. The van der Waals surface area contributed by atoms with E-state index in [1.165, 1.54) is 154 Å². The molecular formula is C61H108O6. The van der Waals surface area contributed by atoms with Crippen LogP contribution in [0.4, 0.5) is 0 Å². The minimum atomic E-state index is -0.783. The summed E-state index contributed by atoms with van der Waals surface area (Å²) in [5.74, 6) is -0.921. The molecule has 1 unspecified atom stereocenters. The summed E-state index contributed by atoms with van der Waals surface area (Å²) in [5, 5.41) is 0. The van der Waals surface area contributed by atoms with Crippen molar-refractivity contribution >= 4 is 17.9 Å². The summed E-state index contributed by atoms with van der Waals surface area (Å²) in [7, 11) is 0. The van der Waals surface area contributed by atoms with E-state index in [0.29, 0.717) is 19.3 Å². The molecule has 1 atom stereocenters. The summed E-state index contributed by atoms with van der Waals surface area (Å²) >= 11 is 0. The molecule has 0 spiro atoms. The molecule has 0 bridgehead atoms. The van der Waals surface area contributed by atoms with Crippen LogP contribution in [0, 0.1) is 0 Å². The summed E-state index contributed by atoms with van der Waals surface area (Å²) in [4.78, 5) is 37.7. The van der Waals surface area contributed by atoms with Crippen molar-refractivity contribution in [3.63, 3.8) is 0 Å². The van der Waals surface area contributed by atoms with Gasteiger partial charge in [0.05, 0.1) is 0 Å². The molecule has 67 heavy (non-hydrogen) atoms. The van der Waals surface area contributed by atoms with Gasteiger partial charge in [0, 0.05) is 19.3 Å². The molecule has 0 fully saturated rings. The molecule has 0 rings (SSSR count). The van der Waals surface area contributed by atoms with Crippen LogP contribution in [-0.4, -0.2) is 37.2 Å². The number of hydrogen-bond donors (Lipinski definition) is 0. The van der Waals surface area contributed by atoms with Gasteiger partial charge in [0.15, 0.2) is 6.10 Å². The number of rotatable bonds is 52. The van der Waals surface area contributed by atoms with E-state index in [2.05, 4.69) is 81.5 Å². The maximum Gasteiger partial charge on any atom is 0.306 e. The third kappa shape index (κ3) is 53.9. The first-order valence-electron chi connectivity index (χ1n) is 28.8. The molecule has 0 radical (unpaired) electrons. The topological polar surface area (TPSA) is 78.9 Å². The number of carbonyl (C=O) groups is 3. The van der Waals surface area contributed by atoms with Gasteiger partial charge in [-0.1, -0.05) is 248 Å². The number of allylic oxidation sites excluding steroid dienone is 10. The highest BCUT2D eigenvalue weighted by Gasteiger charge is 2.19. The minimum absolute atomic E-state index is 0.0840. The number of unbranched alkanes of at least 4 members (excludes halogenated alkanes) is 31. The fourth-order valence-electron chi connectivity index (χ4n) is 8.19. The van der Waals surface area contributed by atoms with Crippen LogP contribution in [0.1, 0.15) is 290 Å². The number of ether oxygens (including phenoxy) is 3. The van der Waals surface area contributed by atoms with E-state index in [4.69, 9.17) is 14.2 Å². The second-order valence-electron chi connectivity index (χ2n) is 19.2. The predicted octanol–water partition coefficient (Wildman–Crippen LogP) is 19.2. The van der Waals surface area contributed by atoms with Crippen LogP contribution in [0.5, 0.6) is 0 Å². The summed E-state index contributed by atoms with van der Waals surface area (Å²) in [5.41, 5.74) is 0. The van der Waals surface area contributed by atoms with E-state index < -0.39 is 6.10 Å². The summed E-state index contributed by atoms with van der Waals surface area (Å²) in [6.45, 7) is 6.42. The maximum absolute atomic E-state index is 12.7. The van der Waals surface area contributed by atoms with Crippen molar-refractivity contribution in [1.82, 2.24) is 0 Å². The Labute approximate surface area is 415 Å². The Morgan fingerprint density at radius 3 is 0.925 bits per heavy atom. The largest absolute Gasteiger partial charge is 0.462 e. The molecule has 0 amide bonds. The summed E-state index contributed by atoms with van der Waals surface area (Å²) in [6.07, 6.45) is 70.0. The molecule has 0 aromatic heterocycles. The van der Waals surface area contributed by atoms with Gasteiger partial charge >= 0.3 is 17.9 Å². The fourth-order valence-corrected chi connectivity index (χ4v) is 8.19. The van der Waals surface area contributed by atoms with E-state index in [1.54, 1.807) is 0 Å². The van der Waals surface area contributed by atoms with E-state index in [-0.39, 0.29) is 31.1 Å². The van der Waals surface area contributed by atoms with Crippen molar-refractivity contribution in [2.24, 2.45) is 0 Å². The first kappa shape index (κ1) is 64.1. The molecule has 388 valence electrons. The fraction of sp³-hybridized carbons (Fsp3) is 0.787. The molecule has 0 aromatic carbocycles. The predicted molar refractivity (Wildman–Crippen MR) is 288 cm³/mol. The van der Waals surface area contributed by atoms with Gasteiger partial charge in [-0.05, 0) is 83.5 Å². The zero-order chi connectivity index (χ0) is 48.6. The van der Waals surface area contributed by atoms with Crippen LogP contribution >= 0.6 is 0 Å². The molecule has 0 saturated heterocycles. The molecule has 0 saturated carbocycles. The Hall–Kier alpha value is -2.89. The molecule has 6 heteroatoms. The van der Waals surface area contributed by atoms with Crippen molar-refractivity contribution in [3.05, 3.63) is 60.8 Å². The van der Waals surface area contributed by atoms with Crippen LogP contribution in [0.15, 0.2) is 60.8 Å². The van der Waals surface area contributed by atoms with E-state index in [0.717, 1.165) is 96.3 Å². The lowest BCUT2D eigenvalue weighted by Gasteiger charge is -2.18. The Morgan fingerprint density at radius 2 is 0.582 bits per heavy atom. The first-order valence-corrected chi connectivity index (χ1v) is 28.8. The third-order valence-electron chi connectivity index (χ3n) is 12.5. The Morgan fingerprint density at radius 1 is 0.313 bits per heavy atom. The van der Waals surface area contributed by atoms with Crippen molar-refractivity contribution in [1.29, 1.82) is 0 Å². The quantitative estimate of drug-likeness (QED) is 0.0262. The van der Waals surface area contributed by atoms with Gasteiger partial charge in [0.1, 0.15) is 13.2 Å². The maximum atomic E-state index is 12.7. The smallest absolute Gasteiger partial charge is 0.306 e. The van der Waals surface area contributed by atoms with Crippen LogP contribution in [0.2, 0.25) is 0 Å². The highest BCUT2D eigenvalue weighted by molar-refractivity contribution is 5.71. The van der Waals surface area contributed by atoms with Crippen LogP contribution in [0.3, 0.4) is 0 Å². The lowest BCUT2D eigenvalue weighted by atomic mass is 10.0. The molecule has 0 aliphatic rings. The lowest BCUT2D eigenvalue weighted by Crippen LogP contribution is -2.30. The van der Waals surface area contributed by atoms with Gasteiger partial charge in [-0.3, -0.25) is 14.4 Å². The first-order chi connectivity index (χ1) is 33.0. The van der Waals surface area contributed by atoms with E-state index >= 15 is 0 Å². The average molecular weight is 938 g/mol. The van der Waals surface area contributed by atoms with Crippen LogP contribution < -0.4 is 0 Å². The van der Waals surface area contributed by atoms with Gasteiger partial charge in [-0.2, -0.15) is 0 Å². The van der Waals surface area contributed by atoms with Gasteiger partial charge < -0.3 is 14.2 Å². The zero-order valence-electron chi connectivity index (χ0n) is 44.4. The Kier molecular flexibility index (Phi) is 53.3. The Bertz CT molecular complexity index is 1210.